The molecule has 2 rings (SSSR count). The molecule has 0 spiro atoms. The second kappa shape index (κ2) is 6.95. The molecule has 1 aliphatic heterocycles. The highest BCUT2D eigenvalue weighted by Crippen LogP contribution is 2.29. The van der Waals surface area contributed by atoms with Gasteiger partial charge in [0, 0.05) is 33.7 Å². The maximum Gasteiger partial charge on any atom is 0.304 e. The van der Waals surface area contributed by atoms with Crippen LogP contribution in [0.2, 0.25) is 0 Å². The van der Waals surface area contributed by atoms with Crippen molar-refractivity contribution >= 4 is 40.3 Å². The molecule has 0 aromatic heterocycles. The predicted octanol–water partition coefficient (Wildman–Crippen LogP) is 3.24. The molecule has 104 valence electrons. The molecule has 0 amide bonds. The predicted molar refractivity (Wildman–Crippen MR) is 87.6 cm³/mol. The van der Waals surface area contributed by atoms with Crippen molar-refractivity contribution < 1.29 is 9.90 Å². The minimum absolute atomic E-state index is 0.144. The molecule has 0 bridgehead atoms. The zero-order valence-corrected chi connectivity index (χ0v) is 13.9. The van der Waals surface area contributed by atoms with Crippen molar-refractivity contribution in [1.29, 1.82) is 0 Å². The molecule has 3 nitrogen and oxygen atoms in total. The Hall–Kier alpha value is -0.270. The van der Waals surface area contributed by atoms with Crippen LogP contribution in [0.3, 0.4) is 0 Å². The van der Waals surface area contributed by atoms with Gasteiger partial charge in [-0.15, -0.1) is 0 Å². The number of carboxylic acid groups (broad SMARTS) is 1. The zero-order valence-electron chi connectivity index (χ0n) is 10.9. The van der Waals surface area contributed by atoms with Crippen LogP contribution in [0, 0.1) is 3.57 Å². The van der Waals surface area contributed by atoms with Crippen molar-refractivity contribution in [3.8, 4) is 0 Å². The van der Waals surface area contributed by atoms with Gasteiger partial charge in [-0.25, -0.2) is 0 Å². The summed E-state index contributed by atoms with van der Waals surface area (Å²) in [5.74, 6) is 1.30. The van der Waals surface area contributed by atoms with Crippen molar-refractivity contribution in [1.82, 2.24) is 4.90 Å². The lowest BCUT2D eigenvalue weighted by Gasteiger charge is -2.39. The lowest BCUT2D eigenvalue weighted by atomic mass is 10.0. The molecule has 1 aromatic rings. The van der Waals surface area contributed by atoms with Gasteiger partial charge < -0.3 is 5.11 Å². The van der Waals surface area contributed by atoms with Crippen LogP contribution < -0.4 is 0 Å². The van der Waals surface area contributed by atoms with Gasteiger partial charge in [-0.05, 0) is 47.2 Å². The number of rotatable bonds is 4. The number of halogens is 1. The second-order valence-electron chi connectivity index (χ2n) is 4.79. The number of carboxylic acids is 1. The van der Waals surface area contributed by atoms with Crippen LogP contribution in [0.1, 0.15) is 24.9 Å². The minimum atomic E-state index is -0.702. The van der Waals surface area contributed by atoms with Crippen molar-refractivity contribution in [3.05, 3.63) is 33.4 Å². The summed E-state index contributed by atoms with van der Waals surface area (Å²) in [7, 11) is 0. The van der Waals surface area contributed by atoms with Crippen LogP contribution in [0.5, 0.6) is 0 Å². The van der Waals surface area contributed by atoms with Crippen molar-refractivity contribution in [3.63, 3.8) is 0 Å². The fourth-order valence-electron chi connectivity index (χ4n) is 2.49. The van der Waals surface area contributed by atoms with Gasteiger partial charge in [0.05, 0.1) is 6.42 Å². The second-order valence-corrected chi connectivity index (χ2v) is 7.19. The first-order valence-electron chi connectivity index (χ1n) is 6.38. The molecule has 1 aliphatic rings. The van der Waals surface area contributed by atoms with Crippen LogP contribution in [-0.2, 0) is 4.79 Å². The molecule has 2 unspecified atom stereocenters. The van der Waals surface area contributed by atoms with Crippen molar-refractivity contribution in [2.75, 3.05) is 18.1 Å². The molecule has 0 aliphatic carbocycles. The Morgan fingerprint density at radius 2 is 2.21 bits per heavy atom. The van der Waals surface area contributed by atoms with Crippen LogP contribution >= 0.6 is 34.4 Å². The molecule has 2 atom stereocenters. The molecule has 5 heteroatoms. The van der Waals surface area contributed by atoms with E-state index in [4.69, 9.17) is 5.11 Å². The number of aliphatic carboxylic acids is 1. The van der Waals surface area contributed by atoms with E-state index in [1.54, 1.807) is 0 Å². The number of carbonyl (C=O) groups is 1. The molecule has 1 fully saturated rings. The van der Waals surface area contributed by atoms with Gasteiger partial charge in [-0.3, -0.25) is 9.69 Å². The summed E-state index contributed by atoms with van der Waals surface area (Å²) >= 11 is 4.16. The number of hydrogen-bond donors (Lipinski definition) is 1. The van der Waals surface area contributed by atoms with Crippen LogP contribution in [0.25, 0.3) is 0 Å². The van der Waals surface area contributed by atoms with Gasteiger partial charge in [0.1, 0.15) is 0 Å². The maximum atomic E-state index is 11.0. The molecule has 1 N–H and O–H groups in total. The highest BCUT2D eigenvalue weighted by Gasteiger charge is 2.29. The Balaban J connectivity index is 2.12. The van der Waals surface area contributed by atoms with Gasteiger partial charge in [0.2, 0.25) is 0 Å². The lowest BCUT2D eigenvalue weighted by Crippen LogP contribution is -2.44. The SMILES string of the molecule is CC(c1ccc(I)cc1)N1CCSCC1CC(=O)O. The number of nitrogens with zero attached hydrogens (tertiary/aromatic N) is 1. The molecule has 0 saturated carbocycles. The normalized spacial score (nSPS) is 22.1. The highest BCUT2D eigenvalue weighted by atomic mass is 127. The third kappa shape index (κ3) is 4.10. The van der Waals surface area contributed by atoms with Crippen LogP contribution in [0.4, 0.5) is 0 Å². The lowest BCUT2D eigenvalue weighted by molar-refractivity contribution is -0.138. The summed E-state index contributed by atoms with van der Waals surface area (Å²) in [6.45, 7) is 3.14. The van der Waals surface area contributed by atoms with Crippen molar-refractivity contribution in [2.24, 2.45) is 0 Å². The smallest absolute Gasteiger partial charge is 0.304 e. The quantitative estimate of drug-likeness (QED) is 0.801. The van der Waals surface area contributed by atoms with Crippen LogP contribution in [-0.4, -0.2) is 40.1 Å². The molecule has 1 heterocycles. The van der Waals surface area contributed by atoms with Gasteiger partial charge >= 0.3 is 5.97 Å². The summed E-state index contributed by atoms with van der Waals surface area (Å²) in [4.78, 5) is 13.3. The number of hydrogen-bond acceptors (Lipinski definition) is 3. The summed E-state index contributed by atoms with van der Waals surface area (Å²) in [6, 6.07) is 8.93. The third-order valence-corrected chi connectivity index (χ3v) is 5.34. The first-order chi connectivity index (χ1) is 9.08. The van der Waals surface area contributed by atoms with E-state index in [2.05, 4.69) is 58.7 Å². The van der Waals surface area contributed by atoms with Gasteiger partial charge in [0.15, 0.2) is 0 Å². The molecular weight excluding hydrogens is 373 g/mol. The largest absolute Gasteiger partial charge is 0.481 e. The van der Waals surface area contributed by atoms with E-state index in [-0.39, 0.29) is 18.5 Å². The van der Waals surface area contributed by atoms with E-state index < -0.39 is 5.97 Å². The van der Waals surface area contributed by atoms with E-state index in [1.165, 1.54) is 9.13 Å². The average Bonchev–Trinajstić information content (AvgIpc) is 2.39. The fraction of sp³-hybridized carbons (Fsp3) is 0.500. The van der Waals surface area contributed by atoms with E-state index in [9.17, 15) is 4.79 Å². The first kappa shape index (κ1) is 15.1. The molecule has 1 saturated heterocycles. The topological polar surface area (TPSA) is 40.5 Å². The summed E-state index contributed by atoms with van der Waals surface area (Å²) < 4.78 is 1.23. The standard InChI is InChI=1S/C14H18INO2S/c1-10(11-2-4-12(15)5-3-11)16-6-7-19-9-13(16)8-14(17)18/h2-5,10,13H,6-9H2,1H3,(H,17,18). The molecule has 0 radical (unpaired) electrons. The summed E-state index contributed by atoms with van der Waals surface area (Å²) in [5.41, 5.74) is 1.27. The van der Waals surface area contributed by atoms with E-state index in [0.29, 0.717) is 0 Å². The Morgan fingerprint density at radius 3 is 2.84 bits per heavy atom. The average molecular weight is 391 g/mol. The maximum absolute atomic E-state index is 11.0. The Morgan fingerprint density at radius 1 is 1.53 bits per heavy atom. The van der Waals surface area contributed by atoms with Crippen LogP contribution in [0.15, 0.2) is 24.3 Å². The van der Waals surface area contributed by atoms with E-state index >= 15 is 0 Å². The van der Waals surface area contributed by atoms with Gasteiger partial charge in [-0.2, -0.15) is 11.8 Å². The minimum Gasteiger partial charge on any atom is -0.481 e. The Bertz CT molecular complexity index is 438. The fourth-order valence-corrected chi connectivity index (χ4v) is 3.94. The Labute approximate surface area is 131 Å². The van der Waals surface area contributed by atoms with Crippen molar-refractivity contribution in [2.45, 2.75) is 25.4 Å². The number of benzene rings is 1. The monoisotopic (exact) mass is 391 g/mol. The highest BCUT2D eigenvalue weighted by molar-refractivity contribution is 14.1. The van der Waals surface area contributed by atoms with Gasteiger partial charge in [0.25, 0.3) is 0 Å². The third-order valence-electron chi connectivity index (χ3n) is 3.53. The first-order valence-corrected chi connectivity index (χ1v) is 8.62. The van der Waals surface area contributed by atoms with E-state index in [1.807, 2.05) is 11.8 Å². The van der Waals surface area contributed by atoms with Gasteiger partial charge in [-0.1, -0.05) is 12.1 Å². The Kier molecular flexibility index (Phi) is 5.53. The summed E-state index contributed by atoms with van der Waals surface area (Å²) in [5, 5.41) is 9.04. The zero-order chi connectivity index (χ0) is 13.8. The number of thioether (sulfide) groups is 1. The van der Waals surface area contributed by atoms with E-state index in [0.717, 1.165) is 18.1 Å². The molecule has 1 aromatic carbocycles. The summed E-state index contributed by atoms with van der Waals surface area (Å²) in [6.07, 6.45) is 0.238. The molecule has 19 heavy (non-hydrogen) atoms. The molecular formula is C14H18INO2S.